The van der Waals surface area contributed by atoms with Crippen LogP contribution in [0.3, 0.4) is 0 Å². The van der Waals surface area contributed by atoms with Gasteiger partial charge in [0.25, 0.3) is 10.0 Å². The van der Waals surface area contributed by atoms with Crippen LogP contribution >= 0.6 is 7.71 Å². The van der Waals surface area contributed by atoms with Gasteiger partial charge < -0.3 is 4.74 Å². The van der Waals surface area contributed by atoms with Gasteiger partial charge in [-0.15, -0.1) is 0 Å². The lowest BCUT2D eigenvalue weighted by molar-refractivity contribution is 0.414. The normalized spacial score (nSPS) is 11.6. The Morgan fingerprint density at radius 3 is 2.05 bits per heavy atom. The Kier molecular flexibility index (Phi) is 6.59. The summed E-state index contributed by atoms with van der Waals surface area (Å²) < 4.78 is 33.6. The topological polar surface area (TPSA) is 55.7 Å². The second-order valence-electron chi connectivity index (χ2n) is 4.31. The van der Waals surface area contributed by atoms with Gasteiger partial charge in [-0.2, -0.15) is 12.6 Å². The second-order valence-corrected chi connectivity index (χ2v) is 8.59. The zero-order chi connectivity index (χ0) is 14.3. The van der Waals surface area contributed by atoms with Crippen LogP contribution in [0.4, 0.5) is 0 Å². The highest BCUT2D eigenvalue weighted by Crippen LogP contribution is 2.31. The molecule has 0 unspecified atom stereocenters. The van der Waals surface area contributed by atoms with Gasteiger partial charge >= 0.3 is 0 Å². The molecule has 0 radical (unpaired) electrons. The SMILES string of the molecule is CCC[PH](CCC)=NS(=O)(=O)c1ccc(OC)cc1. The molecule has 108 valence electrons. The quantitative estimate of drug-likeness (QED) is 0.723. The van der Waals surface area contributed by atoms with E-state index in [1.807, 2.05) is 0 Å². The summed E-state index contributed by atoms with van der Waals surface area (Å²) in [4.78, 5) is 0.253. The summed E-state index contributed by atoms with van der Waals surface area (Å²) >= 11 is 0. The molecule has 4 nitrogen and oxygen atoms in total. The fourth-order valence-electron chi connectivity index (χ4n) is 1.76. The third-order valence-corrected chi connectivity index (χ3v) is 7.70. The zero-order valence-electron chi connectivity index (χ0n) is 11.7. The predicted molar refractivity (Wildman–Crippen MR) is 81.2 cm³/mol. The standard InChI is InChI=1S/C13H22NO3PS/c1-4-10-18(11-5-2)14-19(15,16)13-8-6-12(17-3)7-9-13/h6-9,18H,4-5,10-11H2,1-3H3. The van der Waals surface area contributed by atoms with Crippen molar-refractivity contribution in [2.45, 2.75) is 31.6 Å². The van der Waals surface area contributed by atoms with Gasteiger partial charge in [0, 0.05) is 0 Å². The minimum atomic E-state index is -3.51. The number of methoxy groups -OCH3 is 1. The van der Waals surface area contributed by atoms with Crippen LogP contribution in [-0.4, -0.2) is 27.9 Å². The Morgan fingerprint density at radius 1 is 1.11 bits per heavy atom. The van der Waals surface area contributed by atoms with Crippen LogP contribution in [-0.2, 0) is 10.0 Å². The minimum absolute atomic E-state index is 0.253. The van der Waals surface area contributed by atoms with Crippen LogP contribution < -0.4 is 4.74 Å². The van der Waals surface area contributed by atoms with E-state index in [9.17, 15) is 8.42 Å². The van der Waals surface area contributed by atoms with Gasteiger partial charge in [-0.1, -0.05) is 26.7 Å². The molecule has 0 saturated heterocycles. The van der Waals surface area contributed by atoms with Crippen molar-refractivity contribution in [3.05, 3.63) is 24.3 Å². The molecule has 19 heavy (non-hydrogen) atoms. The number of nitrogens with zero attached hydrogens (tertiary/aromatic N) is 1. The Labute approximate surface area is 116 Å². The van der Waals surface area contributed by atoms with Crippen molar-refractivity contribution >= 4 is 17.7 Å². The molecule has 0 atom stereocenters. The van der Waals surface area contributed by atoms with E-state index in [-0.39, 0.29) is 4.90 Å². The van der Waals surface area contributed by atoms with Gasteiger partial charge in [-0.25, -0.2) is 0 Å². The summed E-state index contributed by atoms with van der Waals surface area (Å²) in [5, 5.41) is 0. The Bertz CT molecular complexity index is 515. The van der Waals surface area contributed by atoms with Gasteiger partial charge in [0.15, 0.2) is 0 Å². The molecule has 0 heterocycles. The van der Waals surface area contributed by atoms with E-state index in [0.717, 1.165) is 25.2 Å². The van der Waals surface area contributed by atoms with Crippen molar-refractivity contribution in [1.29, 1.82) is 0 Å². The molecule has 0 aliphatic carbocycles. The van der Waals surface area contributed by atoms with Crippen molar-refractivity contribution < 1.29 is 13.2 Å². The fourth-order valence-corrected chi connectivity index (χ4v) is 6.16. The molecular weight excluding hydrogens is 281 g/mol. The number of hydrogen-bond acceptors (Lipinski definition) is 3. The van der Waals surface area contributed by atoms with Crippen LogP contribution in [0.2, 0.25) is 0 Å². The highest BCUT2D eigenvalue weighted by Gasteiger charge is 2.13. The van der Waals surface area contributed by atoms with Gasteiger partial charge in [0.1, 0.15) is 5.75 Å². The Morgan fingerprint density at radius 2 is 1.63 bits per heavy atom. The van der Waals surface area contributed by atoms with Gasteiger partial charge in [-0.05, 0) is 44.3 Å². The molecule has 0 aliphatic heterocycles. The molecule has 0 aliphatic rings. The second kappa shape index (κ2) is 7.71. The van der Waals surface area contributed by atoms with Crippen molar-refractivity contribution in [2.75, 3.05) is 19.4 Å². The van der Waals surface area contributed by atoms with E-state index in [1.165, 1.54) is 0 Å². The molecule has 0 bridgehead atoms. The smallest absolute Gasteiger partial charge is 0.280 e. The van der Waals surface area contributed by atoms with E-state index in [2.05, 4.69) is 18.0 Å². The lowest BCUT2D eigenvalue weighted by Gasteiger charge is -2.06. The first-order valence-electron chi connectivity index (χ1n) is 6.50. The first-order chi connectivity index (χ1) is 9.03. The molecule has 1 rings (SSSR count). The van der Waals surface area contributed by atoms with Crippen LogP contribution in [0.5, 0.6) is 5.75 Å². The molecule has 0 N–H and O–H groups in total. The maximum atomic E-state index is 12.2. The van der Waals surface area contributed by atoms with Crippen molar-refractivity contribution in [2.24, 2.45) is 4.15 Å². The lowest BCUT2D eigenvalue weighted by Crippen LogP contribution is -1.97. The highest BCUT2D eigenvalue weighted by atomic mass is 32.2. The summed E-state index contributed by atoms with van der Waals surface area (Å²) in [7, 11) is -3.12. The summed E-state index contributed by atoms with van der Waals surface area (Å²) in [5.41, 5.74) is 0. The molecule has 1 aromatic carbocycles. The van der Waals surface area contributed by atoms with Crippen LogP contribution in [0.15, 0.2) is 33.3 Å². The largest absolute Gasteiger partial charge is 0.497 e. The minimum Gasteiger partial charge on any atom is -0.497 e. The lowest BCUT2D eigenvalue weighted by atomic mass is 10.3. The summed E-state index contributed by atoms with van der Waals surface area (Å²) in [6.45, 7) is 4.13. The summed E-state index contributed by atoms with van der Waals surface area (Å²) in [6, 6.07) is 6.40. The zero-order valence-corrected chi connectivity index (χ0v) is 13.5. The molecular formula is C13H22NO3PS. The molecule has 0 spiro atoms. The van der Waals surface area contributed by atoms with Crippen molar-refractivity contribution in [1.82, 2.24) is 0 Å². The van der Waals surface area contributed by atoms with Crippen LogP contribution in [0, 0.1) is 0 Å². The number of rotatable bonds is 7. The van der Waals surface area contributed by atoms with Gasteiger partial charge in [0.2, 0.25) is 0 Å². The fraction of sp³-hybridized carbons (Fsp3) is 0.538. The molecule has 0 amide bonds. The first-order valence-corrected chi connectivity index (χ1v) is 9.80. The third-order valence-electron chi connectivity index (χ3n) is 2.68. The van der Waals surface area contributed by atoms with E-state index >= 15 is 0 Å². The van der Waals surface area contributed by atoms with Crippen molar-refractivity contribution in [3.63, 3.8) is 0 Å². The number of sulfonamides is 1. The number of benzene rings is 1. The molecule has 0 aromatic heterocycles. The third kappa shape index (κ3) is 5.00. The average molecular weight is 303 g/mol. The van der Waals surface area contributed by atoms with E-state index in [1.54, 1.807) is 31.4 Å². The van der Waals surface area contributed by atoms with Crippen LogP contribution in [0.25, 0.3) is 0 Å². The maximum absolute atomic E-state index is 12.2. The molecule has 6 heteroatoms. The van der Waals surface area contributed by atoms with Gasteiger partial charge in [-0.3, -0.25) is 0 Å². The molecule has 1 aromatic rings. The Hall–Kier alpha value is -0.800. The Balaban J connectivity index is 3.03. The maximum Gasteiger partial charge on any atom is 0.280 e. The molecule has 0 saturated carbocycles. The monoisotopic (exact) mass is 303 g/mol. The summed E-state index contributed by atoms with van der Waals surface area (Å²) in [6.07, 6.45) is 3.79. The van der Waals surface area contributed by atoms with E-state index in [4.69, 9.17) is 4.74 Å². The summed E-state index contributed by atoms with van der Waals surface area (Å²) in [5.74, 6) is 0.645. The predicted octanol–water partition coefficient (Wildman–Crippen LogP) is 3.60. The average Bonchev–Trinajstić information content (AvgIpc) is 2.39. The highest BCUT2D eigenvalue weighted by molar-refractivity contribution is 7.92. The number of ether oxygens (including phenoxy) is 1. The molecule has 0 fully saturated rings. The number of hydrogen-bond donors (Lipinski definition) is 0. The van der Waals surface area contributed by atoms with Crippen LogP contribution in [0.1, 0.15) is 26.7 Å². The van der Waals surface area contributed by atoms with Crippen molar-refractivity contribution in [3.8, 4) is 5.75 Å². The first kappa shape index (κ1) is 16.3. The van der Waals surface area contributed by atoms with E-state index in [0.29, 0.717) is 5.75 Å². The van der Waals surface area contributed by atoms with Gasteiger partial charge in [0.05, 0.1) is 12.0 Å². The van der Waals surface area contributed by atoms with E-state index < -0.39 is 17.7 Å².